The van der Waals surface area contributed by atoms with Gasteiger partial charge in [0.05, 0.1) is 17.2 Å². The molecule has 1 aromatic carbocycles. The smallest absolute Gasteiger partial charge is 0.292 e. The van der Waals surface area contributed by atoms with E-state index in [-0.39, 0.29) is 11.7 Å². The summed E-state index contributed by atoms with van der Waals surface area (Å²) in [6, 6.07) is 9.14. The zero-order valence-corrected chi connectivity index (χ0v) is 8.77. The number of anilines is 1. The lowest BCUT2D eigenvalue weighted by Crippen LogP contribution is -2.13. The van der Waals surface area contributed by atoms with E-state index in [4.69, 9.17) is 0 Å². The Morgan fingerprint density at radius 2 is 2.12 bits per heavy atom. The number of hydrogen-bond acceptors (Lipinski definition) is 3. The SMILES string of the molecule is O=C(Nc1ccn[nH]1)c1nc2ccccc2[nH]1. The van der Waals surface area contributed by atoms with Crippen molar-refractivity contribution in [2.24, 2.45) is 0 Å². The fourth-order valence-corrected chi connectivity index (χ4v) is 1.57. The number of nitrogens with one attached hydrogen (secondary N) is 3. The molecule has 17 heavy (non-hydrogen) atoms. The molecular weight excluding hydrogens is 218 g/mol. The van der Waals surface area contributed by atoms with E-state index in [0.717, 1.165) is 11.0 Å². The van der Waals surface area contributed by atoms with Crippen LogP contribution in [0.25, 0.3) is 11.0 Å². The summed E-state index contributed by atoms with van der Waals surface area (Å²) in [6.45, 7) is 0. The van der Waals surface area contributed by atoms with Gasteiger partial charge in [0.2, 0.25) is 0 Å². The number of H-pyrrole nitrogens is 2. The Morgan fingerprint density at radius 1 is 1.24 bits per heavy atom. The van der Waals surface area contributed by atoms with Gasteiger partial charge in [-0.2, -0.15) is 5.10 Å². The van der Waals surface area contributed by atoms with Gasteiger partial charge in [-0.3, -0.25) is 9.89 Å². The Labute approximate surface area is 96.1 Å². The first-order valence-electron chi connectivity index (χ1n) is 5.08. The molecule has 1 amide bonds. The van der Waals surface area contributed by atoms with Crippen LogP contribution in [0.4, 0.5) is 5.82 Å². The molecule has 0 bridgehead atoms. The average Bonchev–Trinajstić information content (AvgIpc) is 2.96. The van der Waals surface area contributed by atoms with Crippen LogP contribution in [0, 0.1) is 0 Å². The third-order valence-corrected chi connectivity index (χ3v) is 2.35. The number of carbonyl (C=O) groups excluding carboxylic acids is 1. The molecule has 6 heteroatoms. The molecule has 0 unspecified atom stereocenters. The number of imidazole rings is 1. The summed E-state index contributed by atoms with van der Waals surface area (Å²) in [5.74, 6) is 0.515. The zero-order chi connectivity index (χ0) is 11.7. The van der Waals surface area contributed by atoms with E-state index >= 15 is 0 Å². The minimum absolute atomic E-state index is 0.279. The highest BCUT2D eigenvalue weighted by Crippen LogP contribution is 2.11. The maximum Gasteiger partial charge on any atom is 0.292 e. The molecule has 2 aromatic heterocycles. The molecule has 84 valence electrons. The summed E-state index contributed by atoms with van der Waals surface area (Å²) in [5.41, 5.74) is 1.60. The van der Waals surface area contributed by atoms with Crippen molar-refractivity contribution < 1.29 is 4.79 Å². The van der Waals surface area contributed by atoms with Crippen LogP contribution in [0.15, 0.2) is 36.5 Å². The Hall–Kier alpha value is -2.63. The number of benzene rings is 1. The van der Waals surface area contributed by atoms with E-state index < -0.39 is 0 Å². The molecule has 3 N–H and O–H groups in total. The van der Waals surface area contributed by atoms with Gasteiger partial charge in [-0.1, -0.05) is 12.1 Å². The van der Waals surface area contributed by atoms with Crippen molar-refractivity contribution in [3.63, 3.8) is 0 Å². The molecule has 0 fully saturated rings. The molecule has 6 nitrogen and oxygen atoms in total. The number of rotatable bonds is 2. The minimum atomic E-state index is -0.301. The Balaban J connectivity index is 1.90. The minimum Gasteiger partial charge on any atom is -0.334 e. The Kier molecular flexibility index (Phi) is 2.11. The normalized spacial score (nSPS) is 10.6. The molecule has 0 spiro atoms. The number of carbonyl (C=O) groups is 1. The highest BCUT2D eigenvalue weighted by atomic mass is 16.2. The second-order valence-electron chi connectivity index (χ2n) is 3.53. The quantitative estimate of drug-likeness (QED) is 0.620. The van der Waals surface area contributed by atoms with Gasteiger partial charge in [0.15, 0.2) is 5.82 Å². The predicted octanol–water partition coefficient (Wildman–Crippen LogP) is 1.54. The van der Waals surface area contributed by atoms with Crippen molar-refractivity contribution in [2.75, 3.05) is 5.32 Å². The lowest BCUT2D eigenvalue weighted by molar-refractivity contribution is 0.101. The van der Waals surface area contributed by atoms with E-state index in [9.17, 15) is 4.79 Å². The highest BCUT2D eigenvalue weighted by Gasteiger charge is 2.11. The van der Waals surface area contributed by atoms with Crippen LogP contribution in [-0.4, -0.2) is 26.1 Å². The predicted molar refractivity (Wildman–Crippen MR) is 62.6 cm³/mol. The van der Waals surface area contributed by atoms with Crippen LogP contribution in [0.5, 0.6) is 0 Å². The Bertz CT molecular complexity index is 622. The summed E-state index contributed by atoms with van der Waals surface area (Å²) in [5, 5.41) is 9.04. The van der Waals surface area contributed by atoms with Gasteiger partial charge in [0.25, 0.3) is 5.91 Å². The average molecular weight is 227 g/mol. The molecular formula is C11H9N5O. The number of aromatic nitrogens is 4. The van der Waals surface area contributed by atoms with E-state index in [1.54, 1.807) is 12.3 Å². The monoisotopic (exact) mass is 227 g/mol. The summed E-state index contributed by atoms with van der Waals surface area (Å²) in [6.07, 6.45) is 1.56. The van der Waals surface area contributed by atoms with Gasteiger partial charge >= 0.3 is 0 Å². The van der Waals surface area contributed by atoms with E-state index in [1.807, 2.05) is 24.3 Å². The number of fused-ring (bicyclic) bond motifs is 1. The highest BCUT2D eigenvalue weighted by molar-refractivity contribution is 6.02. The summed E-state index contributed by atoms with van der Waals surface area (Å²) in [4.78, 5) is 19.0. The molecule has 3 rings (SSSR count). The topological polar surface area (TPSA) is 86.5 Å². The van der Waals surface area contributed by atoms with E-state index in [1.165, 1.54) is 0 Å². The van der Waals surface area contributed by atoms with Crippen LogP contribution < -0.4 is 5.32 Å². The number of aromatic amines is 2. The van der Waals surface area contributed by atoms with Crippen LogP contribution in [0.3, 0.4) is 0 Å². The van der Waals surface area contributed by atoms with Crippen molar-refractivity contribution in [3.8, 4) is 0 Å². The zero-order valence-electron chi connectivity index (χ0n) is 8.77. The van der Waals surface area contributed by atoms with Gasteiger partial charge in [-0.05, 0) is 12.1 Å². The van der Waals surface area contributed by atoms with Crippen LogP contribution in [0.1, 0.15) is 10.6 Å². The molecule has 0 aliphatic carbocycles. The van der Waals surface area contributed by atoms with Crippen molar-refractivity contribution >= 4 is 22.8 Å². The lowest BCUT2D eigenvalue weighted by atomic mass is 10.3. The molecule has 2 heterocycles. The lowest BCUT2D eigenvalue weighted by Gasteiger charge is -1.97. The summed E-state index contributed by atoms with van der Waals surface area (Å²) < 4.78 is 0. The molecule has 0 saturated carbocycles. The molecule has 3 aromatic rings. The molecule has 0 aliphatic heterocycles. The first-order chi connectivity index (χ1) is 8.33. The second kappa shape index (κ2) is 3.75. The number of para-hydroxylation sites is 2. The van der Waals surface area contributed by atoms with Crippen LogP contribution in [0.2, 0.25) is 0 Å². The molecule has 0 atom stereocenters. The van der Waals surface area contributed by atoms with Crippen molar-refractivity contribution in [3.05, 3.63) is 42.4 Å². The first-order valence-corrected chi connectivity index (χ1v) is 5.08. The maximum absolute atomic E-state index is 11.8. The van der Waals surface area contributed by atoms with E-state index in [2.05, 4.69) is 25.5 Å². The van der Waals surface area contributed by atoms with E-state index in [0.29, 0.717) is 5.82 Å². The third-order valence-electron chi connectivity index (χ3n) is 2.35. The summed E-state index contributed by atoms with van der Waals surface area (Å²) >= 11 is 0. The van der Waals surface area contributed by atoms with Gasteiger partial charge in [-0.15, -0.1) is 0 Å². The molecule has 0 aliphatic rings. The number of nitrogens with zero attached hydrogens (tertiary/aromatic N) is 2. The van der Waals surface area contributed by atoms with Crippen LogP contribution in [-0.2, 0) is 0 Å². The standard InChI is InChI=1S/C11H9N5O/c17-11(15-9-5-6-12-16-9)10-13-7-3-1-2-4-8(7)14-10/h1-6H,(H,13,14)(H2,12,15,16,17). The third kappa shape index (κ3) is 1.76. The van der Waals surface area contributed by atoms with Crippen molar-refractivity contribution in [1.29, 1.82) is 0 Å². The van der Waals surface area contributed by atoms with Crippen molar-refractivity contribution in [1.82, 2.24) is 20.2 Å². The number of hydrogen-bond donors (Lipinski definition) is 3. The van der Waals surface area contributed by atoms with Gasteiger partial charge in [0.1, 0.15) is 5.82 Å². The van der Waals surface area contributed by atoms with Crippen LogP contribution >= 0.6 is 0 Å². The first kappa shape index (κ1) is 9.59. The molecule has 0 saturated heterocycles. The fraction of sp³-hybridized carbons (Fsp3) is 0. The summed E-state index contributed by atoms with van der Waals surface area (Å²) in [7, 11) is 0. The van der Waals surface area contributed by atoms with Gasteiger partial charge in [0, 0.05) is 6.07 Å². The number of amides is 1. The Morgan fingerprint density at radius 3 is 2.88 bits per heavy atom. The van der Waals surface area contributed by atoms with Crippen molar-refractivity contribution in [2.45, 2.75) is 0 Å². The second-order valence-corrected chi connectivity index (χ2v) is 3.53. The fourth-order valence-electron chi connectivity index (χ4n) is 1.57. The largest absolute Gasteiger partial charge is 0.334 e. The maximum atomic E-state index is 11.8. The van der Waals surface area contributed by atoms with Gasteiger partial charge in [-0.25, -0.2) is 4.98 Å². The van der Waals surface area contributed by atoms with Gasteiger partial charge < -0.3 is 10.3 Å². The molecule has 0 radical (unpaired) electrons.